The highest BCUT2D eigenvalue weighted by Crippen LogP contribution is 2.39. The van der Waals surface area contributed by atoms with E-state index in [9.17, 15) is 4.79 Å². The molecule has 2 amide bonds. The quantitative estimate of drug-likeness (QED) is 0.786. The summed E-state index contributed by atoms with van der Waals surface area (Å²) in [5.41, 5.74) is 0.529. The predicted octanol–water partition coefficient (Wildman–Crippen LogP) is 2.07. The Balaban J connectivity index is 2.93. The third-order valence-corrected chi connectivity index (χ3v) is 2.49. The molecule has 0 fully saturated rings. The van der Waals surface area contributed by atoms with Gasteiger partial charge in [0.2, 0.25) is 5.75 Å². The first kappa shape index (κ1) is 15.2. The molecule has 7 heteroatoms. The van der Waals surface area contributed by atoms with Gasteiger partial charge in [-0.05, 0) is 0 Å². The van der Waals surface area contributed by atoms with E-state index in [0.717, 1.165) is 0 Å². The highest BCUT2D eigenvalue weighted by molar-refractivity contribution is 6.18. The van der Waals surface area contributed by atoms with Gasteiger partial charge >= 0.3 is 6.03 Å². The van der Waals surface area contributed by atoms with Crippen LogP contribution in [0, 0.1) is 0 Å². The van der Waals surface area contributed by atoms with Crippen LogP contribution in [-0.2, 0) is 0 Å². The highest BCUT2D eigenvalue weighted by atomic mass is 35.5. The molecule has 0 spiro atoms. The van der Waals surface area contributed by atoms with Crippen molar-refractivity contribution >= 4 is 23.3 Å². The number of nitrogens with one attached hydrogen (secondary N) is 2. The molecule has 2 N–H and O–H groups in total. The van der Waals surface area contributed by atoms with Crippen molar-refractivity contribution in [2.75, 3.05) is 39.1 Å². The zero-order chi connectivity index (χ0) is 14.3. The van der Waals surface area contributed by atoms with Crippen molar-refractivity contribution in [2.45, 2.75) is 0 Å². The molecule has 0 aliphatic heterocycles. The zero-order valence-corrected chi connectivity index (χ0v) is 11.8. The van der Waals surface area contributed by atoms with Crippen LogP contribution in [0.2, 0.25) is 0 Å². The number of amides is 2. The highest BCUT2D eigenvalue weighted by Gasteiger charge is 2.14. The number of carbonyl (C=O) groups is 1. The fourth-order valence-corrected chi connectivity index (χ4v) is 1.58. The fraction of sp³-hybridized carbons (Fsp3) is 0.417. The largest absolute Gasteiger partial charge is 0.493 e. The zero-order valence-electron chi connectivity index (χ0n) is 11.1. The van der Waals surface area contributed by atoms with Crippen LogP contribution in [0.25, 0.3) is 0 Å². The average Bonchev–Trinajstić information content (AvgIpc) is 2.43. The lowest BCUT2D eigenvalue weighted by Crippen LogP contribution is -2.30. The average molecular weight is 289 g/mol. The second-order valence-corrected chi connectivity index (χ2v) is 3.86. The van der Waals surface area contributed by atoms with Crippen LogP contribution in [0.4, 0.5) is 10.5 Å². The summed E-state index contributed by atoms with van der Waals surface area (Å²) in [5.74, 6) is 1.75. The summed E-state index contributed by atoms with van der Waals surface area (Å²) in [6.45, 7) is 0.387. The summed E-state index contributed by atoms with van der Waals surface area (Å²) < 4.78 is 15.6. The summed E-state index contributed by atoms with van der Waals surface area (Å²) >= 11 is 5.48. The van der Waals surface area contributed by atoms with Gasteiger partial charge in [-0.1, -0.05) is 0 Å². The van der Waals surface area contributed by atoms with Gasteiger partial charge in [0, 0.05) is 24.6 Å². The smallest absolute Gasteiger partial charge is 0.319 e. The molecule has 1 aromatic rings. The minimum Gasteiger partial charge on any atom is -0.493 e. The Kier molecular flexibility index (Phi) is 6.08. The Bertz CT molecular complexity index is 415. The molecular formula is C12H17ClN2O4. The van der Waals surface area contributed by atoms with E-state index in [-0.39, 0.29) is 6.03 Å². The van der Waals surface area contributed by atoms with Gasteiger partial charge in [0.05, 0.1) is 27.0 Å². The standard InChI is InChI=1S/C12H17ClN2O4/c1-17-9-6-8(15-12(16)14-5-4-13)7-10(18-2)11(9)19-3/h6-7H,4-5H2,1-3H3,(H2,14,15,16). The van der Waals surface area contributed by atoms with Gasteiger partial charge in [0.25, 0.3) is 0 Å². The number of rotatable bonds is 6. The summed E-state index contributed by atoms with van der Waals surface area (Å²) in [4.78, 5) is 11.5. The predicted molar refractivity (Wildman–Crippen MR) is 73.8 cm³/mol. The van der Waals surface area contributed by atoms with Crippen LogP contribution in [-0.4, -0.2) is 39.8 Å². The Morgan fingerprint density at radius 3 is 2.16 bits per heavy atom. The third-order valence-electron chi connectivity index (χ3n) is 2.30. The molecule has 0 aliphatic carbocycles. The van der Waals surface area contributed by atoms with E-state index in [2.05, 4.69) is 10.6 Å². The van der Waals surface area contributed by atoms with E-state index in [1.165, 1.54) is 21.3 Å². The molecule has 0 saturated carbocycles. The molecule has 1 rings (SSSR count). The van der Waals surface area contributed by atoms with Gasteiger partial charge in [-0.2, -0.15) is 0 Å². The molecule has 0 aliphatic rings. The first-order valence-electron chi connectivity index (χ1n) is 5.57. The normalized spacial score (nSPS) is 9.68. The van der Waals surface area contributed by atoms with Crippen molar-refractivity contribution in [3.05, 3.63) is 12.1 Å². The second-order valence-electron chi connectivity index (χ2n) is 3.48. The third kappa shape index (κ3) is 4.10. The lowest BCUT2D eigenvalue weighted by Gasteiger charge is -2.14. The Morgan fingerprint density at radius 2 is 1.74 bits per heavy atom. The maximum Gasteiger partial charge on any atom is 0.319 e. The number of urea groups is 1. The number of carbonyl (C=O) groups excluding carboxylic acids is 1. The van der Waals surface area contributed by atoms with Gasteiger partial charge < -0.3 is 24.8 Å². The SMILES string of the molecule is COc1cc(NC(=O)NCCCl)cc(OC)c1OC. The topological polar surface area (TPSA) is 68.8 Å². The van der Waals surface area contributed by atoms with Gasteiger partial charge in [0.15, 0.2) is 11.5 Å². The van der Waals surface area contributed by atoms with Crippen LogP contribution >= 0.6 is 11.6 Å². The van der Waals surface area contributed by atoms with Crippen molar-refractivity contribution in [3.8, 4) is 17.2 Å². The second kappa shape index (κ2) is 7.58. The molecule has 0 heterocycles. The van der Waals surface area contributed by atoms with Crippen LogP contribution in [0.3, 0.4) is 0 Å². The van der Waals surface area contributed by atoms with Gasteiger partial charge in [-0.25, -0.2) is 4.79 Å². The van der Waals surface area contributed by atoms with Crippen LogP contribution in [0.5, 0.6) is 17.2 Å². The summed E-state index contributed by atoms with van der Waals surface area (Å²) in [5, 5.41) is 5.24. The summed E-state index contributed by atoms with van der Waals surface area (Å²) in [6, 6.07) is 2.93. The molecule has 19 heavy (non-hydrogen) atoms. The molecule has 0 saturated heterocycles. The summed E-state index contributed by atoms with van der Waals surface area (Å²) in [6.07, 6.45) is 0. The first-order valence-corrected chi connectivity index (χ1v) is 6.10. The molecule has 0 unspecified atom stereocenters. The molecule has 6 nitrogen and oxygen atoms in total. The lowest BCUT2D eigenvalue weighted by atomic mass is 10.2. The van der Waals surface area contributed by atoms with E-state index >= 15 is 0 Å². The van der Waals surface area contributed by atoms with Gasteiger partial charge in [-0.3, -0.25) is 0 Å². The van der Waals surface area contributed by atoms with E-state index in [4.69, 9.17) is 25.8 Å². The molecular weight excluding hydrogens is 272 g/mol. The number of benzene rings is 1. The van der Waals surface area contributed by atoms with E-state index < -0.39 is 0 Å². The molecule has 106 valence electrons. The number of ether oxygens (including phenoxy) is 3. The van der Waals surface area contributed by atoms with Crippen molar-refractivity contribution in [1.29, 1.82) is 0 Å². The van der Waals surface area contributed by atoms with Crippen LogP contribution in [0.15, 0.2) is 12.1 Å². The maximum absolute atomic E-state index is 11.5. The molecule has 0 radical (unpaired) electrons. The number of halogens is 1. The number of hydrogen-bond acceptors (Lipinski definition) is 4. The van der Waals surface area contributed by atoms with Gasteiger partial charge in [0.1, 0.15) is 0 Å². The Hall–Kier alpha value is -1.82. The molecule has 0 aromatic heterocycles. The molecule has 1 aromatic carbocycles. The Morgan fingerprint density at radius 1 is 1.16 bits per heavy atom. The van der Waals surface area contributed by atoms with Crippen molar-refractivity contribution < 1.29 is 19.0 Å². The monoisotopic (exact) mass is 288 g/mol. The minimum absolute atomic E-state index is 0.350. The molecule has 0 atom stereocenters. The maximum atomic E-state index is 11.5. The fourth-order valence-electron chi connectivity index (χ4n) is 1.49. The summed E-state index contributed by atoms with van der Waals surface area (Å²) in [7, 11) is 4.53. The minimum atomic E-state index is -0.352. The van der Waals surface area contributed by atoms with Crippen molar-refractivity contribution in [2.24, 2.45) is 0 Å². The Labute approximate surface area is 117 Å². The van der Waals surface area contributed by atoms with Crippen molar-refractivity contribution in [3.63, 3.8) is 0 Å². The number of anilines is 1. The van der Waals surface area contributed by atoms with Crippen molar-refractivity contribution in [1.82, 2.24) is 5.32 Å². The van der Waals surface area contributed by atoms with Gasteiger partial charge in [-0.15, -0.1) is 11.6 Å². The van der Waals surface area contributed by atoms with E-state index in [0.29, 0.717) is 35.4 Å². The number of hydrogen-bond donors (Lipinski definition) is 2. The molecule has 0 bridgehead atoms. The number of alkyl halides is 1. The van der Waals surface area contributed by atoms with E-state index in [1.807, 2.05) is 0 Å². The van der Waals surface area contributed by atoms with Crippen LogP contribution in [0.1, 0.15) is 0 Å². The van der Waals surface area contributed by atoms with Crippen LogP contribution < -0.4 is 24.8 Å². The first-order chi connectivity index (χ1) is 9.15. The lowest BCUT2D eigenvalue weighted by molar-refractivity contribution is 0.252. The van der Waals surface area contributed by atoms with E-state index in [1.54, 1.807) is 12.1 Å². The number of methoxy groups -OCH3 is 3.